The molecular weight excluding hydrogens is 390 g/mol. The van der Waals surface area contributed by atoms with Gasteiger partial charge in [0.05, 0.1) is 18.0 Å². The zero-order valence-electron chi connectivity index (χ0n) is 17.5. The third-order valence-electron chi connectivity index (χ3n) is 6.53. The Morgan fingerprint density at radius 3 is 2.58 bits per heavy atom. The van der Waals surface area contributed by atoms with Crippen molar-refractivity contribution in [2.45, 2.75) is 50.5 Å². The van der Waals surface area contributed by atoms with Crippen molar-refractivity contribution in [2.24, 2.45) is 0 Å². The van der Waals surface area contributed by atoms with Crippen molar-refractivity contribution in [3.8, 4) is 0 Å². The number of carbonyl (C=O) groups is 2. The summed E-state index contributed by atoms with van der Waals surface area (Å²) in [7, 11) is 0. The molecule has 1 fully saturated rings. The minimum Gasteiger partial charge on any atom is -0.338 e. The molecule has 2 aromatic rings. The third kappa shape index (κ3) is 3.05. The van der Waals surface area contributed by atoms with Crippen LogP contribution in [-0.2, 0) is 21.9 Å². The molecular formula is C25H27N3O3. The molecule has 31 heavy (non-hydrogen) atoms. The molecule has 2 aliphatic heterocycles. The normalized spacial score (nSPS) is 22.9. The number of carbonyl (C=O) groups excluding carboxylic acids is 2. The van der Waals surface area contributed by atoms with Gasteiger partial charge in [0, 0.05) is 23.7 Å². The summed E-state index contributed by atoms with van der Waals surface area (Å²) in [5, 5.41) is 3.19. The van der Waals surface area contributed by atoms with E-state index in [0.29, 0.717) is 17.8 Å². The fourth-order valence-corrected chi connectivity index (χ4v) is 5.07. The highest BCUT2D eigenvalue weighted by Crippen LogP contribution is 2.50. The second-order valence-corrected chi connectivity index (χ2v) is 8.40. The van der Waals surface area contributed by atoms with Crippen molar-refractivity contribution in [3.63, 3.8) is 0 Å². The molecule has 1 aliphatic carbocycles. The molecule has 5 rings (SSSR count). The van der Waals surface area contributed by atoms with Crippen LogP contribution in [0.1, 0.15) is 43.2 Å². The average molecular weight is 418 g/mol. The molecule has 1 saturated carbocycles. The van der Waals surface area contributed by atoms with Gasteiger partial charge in [0.15, 0.2) is 0 Å². The molecule has 3 aliphatic rings. The number of urea groups is 1. The Balaban J connectivity index is 1.64. The number of ether oxygens (including phenoxy) is 1. The van der Waals surface area contributed by atoms with E-state index in [9.17, 15) is 9.59 Å². The van der Waals surface area contributed by atoms with Crippen LogP contribution in [0.15, 0.2) is 61.2 Å². The van der Waals surface area contributed by atoms with Gasteiger partial charge in [0.1, 0.15) is 0 Å². The lowest BCUT2D eigenvalue weighted by Crippen LogP contribution is -2.62. The SMILES string of the molecule is C=CCN1C(=O)[C@@]2(OCc3ccccc3N2C(=O)NC2CCCCC2)c2ccccc21. The monoisotopic (exact) mass is 417 g/mol. The fraction of sp³-hybridized carbons (Fsp3) is 0.360. The summed E-state index contributed by atoms with van der Waals surface area (Å²) in [5.74, 6) is -0.262. The van der Waals surface area contributed by atoms with Crippen LogP contribution in [0.3, 0.4) is 0 Å². The molecule has 0 unspecified atom stereocenters. The van der Waals surface area contributed by atoms with Crippen LogP contribution >= 0.6 is 0 Å². The Morgan fingerprint density at radius 1 is 1.10 bits per heavy atom. The Kier molecular flexibility index (Phi) is 5.02. The van der Waals surface area contributed by atoms with E-state index < -0.39 is 5.72 Å². The highest BCUT2D eigenvalue weighted by molar-refractivity contribution is 6.14. The first-order valence-corrected chi connectivity index (χ1v) is 11.0. The van der Waals surface area contributed by atoms with Crippen LogP contribution in [0.4, 0.5) is 16.2 Å². The Hall–Kier alpha value is -3.12. The lowest BCUT2D eigenvalue weighted by molar-refractivity contribution is -0.146. The number of para-hydroxylation sites is 2. The van der Waals surface area contributed by atoms with E-state index in [4.69, 9.17) is 4.74 Å². The van der Waals surface area contributed by atoms with E-state index in [1.54, 1.807) is 15.9 Å². The molecule has 6 heteroatoms. The maximum atomic E-state index is 13.9. The van der Waals surface area contributed by atoms with E-state index in [0.717, 1.165) is 36.9 Å². The van der Waals surface area contributed by atoms with Crippen LogP contribution in [0, 0.1) is 0 Å². The minimum atomic E-state index is -1.52. The zero-order valence-corrected chi connectivity index (χ0v) is 17.5. The molecule has 0 saturated heterocycles. The minimum absolute atomic E-state index is 0.114. The van der Waals surface area contributed by atoms with Gasteiger partial charge in [-0.15, -0.1) is 6.58 Å². The summed E-state index contributed by atoms with van der Waals surface area (Å²) >= 11 is 0. The predicted molar refractivity (Wildman–Crippen MR) is 120 cm³/mol. The summed E-state index contributed by atoms with van der Waals surface area (Å²) in [6.45, 7) is 4.41. The highest BCUT2D eigenvalue weighted by Gasteiger charge is 2.60. The lowest BCUT2D eigenvalue weighted by atomic mass is 9.95. The number of benzene rings is 2. The second kappa shape index (κ2) is 7.85. The largest absolute Gasteiger partial charge is 0.338 e. The van der Waals surface area contributed by atoms with E-state index in [2.05, 4.69) is 11.9 Å². The molecule has 2 aromatic carbocycles. The van der Waals surface area contributed by atoms with Gasteiger partial charge in [-0.2, -0.15) is 0 Å². The highest BCUT2D eigenvalue weighted by atomic mass is 16.5. The first-order chi connectivity index (χ1) is 15.2. The van der Waals surface area contributed by atoms with E-state index in [-0.39, 0.29) is 24.6 Å². The second-order valence-electron chi connectivity index (χ2n) is 8.40. The number of fused-ring (bicyclic) bond motifs is 3. The quantitative estimate of drug-likeness (QED) is 0.751. The van der Waals surface area contributed by atoms with Gasteiger partial charge in [-0.1, -0.05) is 61.7 Å². The van der Waals surface area contributed by atoms with Crippen LogP contribution in [-0.4, -0.2) is 24.5 Å². The summed E-state index contributed by atoms with van der Waals surface area (Å²) in [6, 6.07) is 15.0. The summed E-state index contributed by atoms with van der Waals surface area (Å²) in [4.78, 5) is 30.8. The maximum absolute atomic E-state index is 13.9. The molecule has 0 aromatic heterocycles. The standard InChI is InChI=1S/C25H27N3O3/c1-2-16-27-22-15-9-7-13-20(22)25(23(27)29)28(21-14-8-6-10-18(21)17-31-25)24(30)26-19-11-4-3-5-12-19/h2,6-10,13-15,19H,1,3-5,11-12,16-17H2,(H,26,30)/t25-/m0/s1. The number of hydrogen-bond acceptors (Lipinski definition) is 3. The topological polar surface area (TPSA) is 61.9 Å². The molecule has 2 heterocycles. The van der Waals surface area contributed by atoms with Gasteiger partial charge in [0.2, 0.25) is 0 Å². The molecule has 6 nitrogen and oxygen atoms in total. The molecule has 0 radical (unpaired) electrons. The van der Waals surface area contributed by atoms with Crippen molar-refractivity contribution in [1.82, 2.24) is 5.32 Å². The summed E-state index contributed by atoms with van der Waals surface area (Å²) in [6.07, 6.45) is 7.03. The summed E-state index contributed by atoms with van der Waals surface area (Å²) < 4.78 is 6.33. The molecule has 160 valence electrons. The van der Waals surface area contributed by atoms with Crippen LogP contribution in [0.5, 0.6) is 0 Å². The van der Waals surface area contributed by atoms with Crippen LogP contribution < -0.4 is 15.1 Å². The lowest BCUT2D eigenvalue weighted by Gasteiger charge is -2.44. The first kappa shape index (κ1) is 19.8. The van der Waals surface area contributed by atoms with Gasteiger partial charge < -0.3 is 15.0 Å². The van der Waals surface area contributed by atoms with Gasteiger partial charge in [-0.25, -0.2) is 4.79 Å². The molecule has 1 atom stereocenters. The van der Waals surface area contributed by atoms with Gasteiger partial charge in [0.25, 0.3) is 11.6 Å². The molecule has 3 amide bonds. The van der Waals surface area contributed by atoms with Crippen LogP contribution in [0.2, 0.25) is 0 Å². The van der Waals surface area contributed by atoms with E-state index in [1.165, 1.54) is 6.42 Å². The zero-order chi connectivity index (χ0) is 21.4. The van der Waals surface area contributed by atoms with E-state index >= 15 is 0 Å². The number of nitrogens with zero attached hydrogens (tertiary/aromatic N) is 2. The molecule has 1 spiro atoms. The fourth-order valence-electron chi connectivity index (χ4n) is 5.07. The Labute approximate surface area is 182 Å². The Morgan fingerprint density at radius 2 is 1.81 bits per heavy atom. The van der Waals surface area contributed by atoms with Crippen molar-refractivity contribution in [2.75, 3.05) is 16.3 Å². The number of amides is 3. The Bertz CT molecular complexity index is 1030. The van der Waals surface area contributed by atoms with Gasteiger partial charge >= 0.3 is 6.03 Å². The average Bonchev–Trinajstić information content (AvgIpc) is 3.03. The maximum Gasteiger partial charge on any atom is 0.325 e. The number of hydrogen-bond donors (Lipinski definition) is 1. The molecule has 1 N–H and O–H groups in total. The predicted octanol–water partition coefficient (Wildman–Crippen LogP) is 4.45. The number of anilines is 2. The van der Waals surface area contributed by atoms with Crippen molar-refractivity contribution in [1.29, 1.82) is 0 Å². The number of rotatable bonds is 3. The smallest absolute Gasteiger partial charge is 0.325 e. The van der Waals surface area contributed by atoms with E-state index in [1.807, 2.05) is 48.5 Å². The third-order valence-corrected chi connectivity index (χ3v) is 6.53. The van der Waals surface area contributed by atoms with Crippen molar-refractivity contribution >= 4 is 23.3 Å². The first-order valence-electron chi connectivity index (χ1n) is 11.0. The van der Waals surface area contributed by atoms with Gasteiger partial charge in [-0.3, -0.25) is 9.69 Å². The van der Waals surface area contributed by atoms with Gasteiger partial charge in [-0.05, 0) is 25.0 Å². The summed E-state index contributed by atoms with van der Waals surface area (Å²) in [5.41, 5.74) is 1.52. The van der Waals surface area contributed by atoms with Crippen LogP contribution in [0.25, 0.3) is 0 Å². The van der Waals surface area contributed by atoms with Crippen molar-refractivity contribution < 1.29 is 14.3 Å². The molecule has 0 bridgehead atoms. The van der Waals surface area contributed by atoms with Crippen molar-refractivity contribution in [3.05, 3.63) is 72.3 Å². The number of nitrogens with one attached hydrogen (secondary N) is 1.